The van der Waals surface area contributed by atoms with Crippen molar-refractivity contribution in [3.05, 3.63) is 82.9 Å². The molecular formula is C29H36O. The van der Waals surface area contributed by atoms with Crippen molar-refractivity contribution < 1.29 is 4.74 Å². The van der Waals surface area contributed by atoms with Crippen molar-refractivity contribution in [1.82, 2.24) is 0 Å². The topological polar surface area (TPSA) is 9.23 Å². The SMILES string of the molecule is CCCC(OCc1ccc2ccccc2c1)c1cccc2c1C(C)(C)CCC2(C)C. The van der Waals surface area contributed by atoms with Gasteiger partial charge in [-0.15, -0.1) is 0 Å². The van der Waals surface area contributed by atoms with E-state index in [0.29, 0.717) is 6.61 Å². The minimum absolute atomic E-state index is 0.143. The number of hydrogen-bond acceptors (Lipinski definition) is 1. The van der Waals surface area contributed by atoms with Crippen LogP contribution in [0.1, 0.15) is 88.7 Å². The van der Waals surface area contributed by atoms with Gasteiger partial charge in [0.25, 0.3) is 0 Å². The molecule has 0 saturated carbocycles. The Hall–Kier alpha value is -2.12. The highest BCUT2D eigenvalue weighted by molar-refractivity contribution is 5.82. The maximum atomic E-state index is 6.63. The third kappa shape index (κ3) is 4.05. The first-order chi connectivity index (χ1) is 14.3. The predicted octanol–water partition coefficient (Wildman–Crippen LogP) is 8.25. The second-order valence-corrected chi connectivity index (χ2v) is 10.3. The van der Waals surface area contributed by atoms with Gasteiger partial charge in [-0.05, 0) is 69.2 Å². The van der Waals surface area contributed by atoms with Crippen LogP contribution in [0, 0.1) is 0 Å². The van der Waals surface area contributed by atoms with Crippen molar-refractivity contribution in [1.29, 1.82) is 0 Å². The third-order valence-electron chi connectivity index (χ3n) is 7.04. The molecule has 3 aromatic rings. The highest BCUT2D eigenvalue weighted by Gasteiger charge is 2.39. The van der Waals surface area contributed by atoms with Crippen molar-refractivity contribution in [2.45, 2.75) is 83.8 Å². The quantitative estimate of drug-likeness (QED) is 0.405. The van der Waals surface area contributed by atoms with Crippen LogP contribution in [0.2, 0.25) is 0 Å². The number of ether oxygens (including phenoxy) is 1. The Labute approximate surface area is 182 Å². The van der Waals surface area contributed by atoms with Gasteiger partial charge in [-0.3, -0.25) is 0 Å². The van der Waals surface area contributed by atoms with E-state index < -0.39 is 0 Å². The second-order valence-electron chi connectivity index (χ2n) is 10.3. The molecule has 1 aliphatic rings. The summed E-state index contributed by atoms with van der Waals surface area (Å²) in [5.41, 5.74) is 6.15. The van der Waals surface area contributed by atoms with E-state index in [2.05, 4.69) is 95.3 Å². The minimum atomic E-state index is 0.143. The fourth-order valence-electron chi connectivity index (χ4n) is 5.16. The largest absolute Gasteiger partial charge is 0.369 e. The van der Waals surface area contributed by atoms with E-state index >= 15 is 0 Å². The molecule has 158 valence electrons. The Morgan fingerprint density at radius 1 is 0.833 bits per heavy atom. The maximum Gasteiger partial charge on any atom is 0.0832 e. The Kier molecular flexibility index (Phi) is 5.77. The van der Waals surface area contributed by atoms with Gasteiger partial charge in [0.15, 0.2) is 0 Å². The van der Waals surface area contributed by atoms with Gasteiger partial charge in [-0.25, -0.2) is 0 Å². The lowest BCUT2D eigenvalue weighted by atomic mass is 9.61. The van der Waals surface area contributed by atoms with Gasteiger partial charge in [-0.1, -0.05) is 95.6 Å². The van der Waals surface area contributed by atoms with E-state index in [1.54, 1.807) is 5.56 Å². The van der Waals surface area contributed by atoms with Crippen LogP contribution in [0.5, 0.6) is 0 Å². The molecular weight excluding hydrogens is 364 g/mol. The van der Waals surface area contributed by atoms with E-state index in [1.807, 2.05) is 0 Å². The molecule has 1 atom stereocenters. The number of fused-ring (bicyclic) bond motifs is 2. The van der Waals surface area contributed by atoms with Crippen LogP contribution in [0.3, 0.4) is 0 Å². The van der Waals surface area contributed by atoms with E-state index in [-0.39, 0.29) is 16.9 Å². The molecule has 0 amide bonds. The van der Waals surface area contributed by atoms with Gasteiger partial charge in [-0.2, -0.15) is 0 Å². The zero-order valence-electron chi connectivity index (χ0n) is 19.3. The molecule has 1 nitrogen and oxygen atoms in total. The van der Waals surface area contributed by atoms with Crippen molar-refractivity contribution in [3.8, 4) is 0 Å². The molecule has 0 N–H and O–H groups in total. The van der Waals surface area contributed by atoms with Crippen molar-refractivity contribution in [2.75, 3.05) is 0 Å². The summed E-state index contributed by atoms with van der Waals surface area (Å²) in [5.74, 6) is 0. The minimum Gasteiger partial charge on any atom is -0.369 e. The lowest BCUT2D eigenvalue weighted by Gasteiger charge is -2.44. The molecule has 0 saturated heterocycles. The Balaban J connectivity index is 1.66. The summed E-state index contributed by atoms with van der Waals surface area (Å²) in [6.45, 7) is 12.5. The van der Waals surface area contributed by atoms with Gasteiger partial charge in [0.2, 0.25) is 0 Å². The molecule has 1 heteroatoms. The van der Waals surface area contributed by atoms with Crippen LogP contribution in [0.4, 0.5) is 0 Å². The zero-order valence-corrected chi connectivity index (χ0v) is 19.3. The summed E-state index contributed by atoms with van der Waals surface area (Å²) >= 11 is 0. The summed E-state index contributed by atoms with van der Waals surface area (Å²) in [5, 5.41) is 2.57. The van der Waals surface area contributed by atoms with E-state index in [1.165, 1.54) is 40.3 Å². The van der Waals surface area contributed by atoms with Crippen LogP contribution < -0.4 is 0 Å². The monoisotopic (exact) mass is 400 g/mol. The Morgan fingerprint density at radius 2 is 1.57 bits per heavy atom. The first kappa shape index (κ1) is 21.1. The summed E-state index contributed by atoms with van der Waals surface area (Å²) in [7, 11) is 0. The average molecular weight is 401 g/mol. The Morgan fingerprint density at radius 3 is 2.33 bits per heavy atom. The molecule has 30 heavy (non-hydrogen) atoms. The Bertz CT molecular complexity index is 1030. The number of hydrogen-bond donors (Lipinski definition) is 0. The van der Waals surface area contributed by atoms with E-state index in [9.17, 15) is 0 Å². The van der Waals surface area contributed by atoms with Crippen molar-refractivity contribution in [2.24, 2.45) is 0 Å². The third-order valence-corrected chi connectivity index (χ3v) is 7.04. The lowest BCUT2D eigenvalue weighted by Crippen LogP contribution is -2.35. The van der Waals surface area contributed by atoms with Gasteiger partial charge in [0.1, 0.15) is 0 Å². The summed E-state index contributed by atoms with van der Waals surface area (Å²) in [4.78, 5) is 0. The molecule has 1 unspecified atom stereocenters. The molecule has 0 radical (unpaired) electrons. The van der Waals surface area contributed by atoms with Gasteiger partial charge in [0.05, 0.1) is 12.7 Å². The molecule has 0 aromatic heterocycles. The molecule has 0 spiro atoms. The molecule has 1 aliphatic carbocycles. The molecule has 0 heterocycles. The van der Waals surface area contributed by atoms with E-state index in [0.717, 1.165) is 12.8 Å². The van der Waals surface area contributed by atoms with Gasteiger partial charge >= 0.3 is 0 Å². The summed E-state index contributed by atoms with van der Waals surface area (Å²) < 4.78 is 6.63. The first-order valence-corrected chi connectivity index (χ1v) is 11.5. The first-order valence-electron chi connectivity index (χ1n) is 11.5. The van der Waals surface area contributed by atoms with Crippen molar-refractivity contribution >= 4 is 10.8 Å². The highest BCUT2D eigenvalue weighted by Crippen LogP contribution is 2.49. The molecule has 3 aromatic carbocycles. The van der Waals surface area contributed by atoms with Crippen molar-refractivity contribution in [3.63, 3.8) is 0 Å². The number of rotatable bonds is 6. The lowest BCUT2D eigenvalue weighted by molar-refractivity contribution is 0.0318. The van der Waals surface area contributed by atoms with Crippen LogP contribution in [-0.2, 0) is 22.2 Å². The normalized spacial score (nSPS) is 18.2. The zero-order chi connectivity index (χ0) is 21.4. The molecule has 4 rings (SSSR count). The smallest absolute Gasteiger partial charge is 0.0832 e. The van der Waals surface area contributed by atoms with Crippen LogP contribution in [0.15, 0.2) is 60.7 Å². The fourth-order valence-corrected chi connectivity index (χ4v) is 5.16. The summed E-state index contributed by atoms with van der Waals surface area (Å²) in [6, 6.07) is 22.2. The predicted molar refractivity (Wildman–Crippen MR) is 128 cm³/mol. The maximum absolute atomic E-state index is 6.63. The van der Waals surface area contributed by atoms with Gasteiger partial charge in [0, 0.05) is 0 Å². The number of benzene rings is 3. The molecule has 0 bridgehead atoms. The summed E-state index contributed by atoms with van der Waals surface area (Å²) in [6.07, 6.45) is 4.79. The van der Waals surface area contributed by atoms with Gasteiger partial charge < -0.3 is 4.74 Å². The average Bonchev–Trinajstić information content (AvgIpc) is 2.74. The standard InChI is InChI=1S/C29H36O/c1-6-10-26(30-20-21-15-16-22-11-7-8-12-23(22)19-21)24-13-9-14-25-27(24)29(4,5)18-17-28(25,2)3/h7-9,11-16,19,26H,6,10,17-18,20H2,1-5H3. The van der Waals surface area contributed by atoms with Crippen LogP contribution >= 0.6 is 0 Å². The van der Waals surface area contributed by atoms with Crippen LogP contribution in [0.25, 0.3) is 10.8 Å². The molecule has 0 aliphatic heterocycles. The van der Waals surface area contributed by atoms with E-state index in [4.69, 9.17) is 4.74 Å². The molecule has 0 fully saturated rings. The second kappa shape index (κ2) is 8.19. The highest BCUT2D eigenvalue weighted by atomic mass is 16.5. The van der Waals surface area contributed by atoms with Crippen LogP contribution in [-0.4, -0.2) is 0 Å². The fraction of sp³-hybridized carbons (Fsp3) is 0.448.